The minimum atomic E-state index is -0.296. The van der Waals surface area contributed by atoms with Gasteiger partial charge in [0, 0.05) is 16.2 Å². The van der Waals surface area contributed by atoms with Crippen molar-refractivity contribution in [2.45, 2.75) is 19.8 Å². The van der Waals surface area contributed by atoms with Crippen molar-refractivity contribution in [3.8, 4) is 5.75 Å². The molecule has 2 aromatic rings. The van der Waals surface area contributed by atoms with Crippen molar-refractivity contribution in [2.75, 3.05) is 11.9 Å². The lowest BCUT2D eigenvalue weighted by Crippen LogP contribution is -2.20. The Labute approximate surface area is 136 Å². The number of halogens is 2. The molecule has 1 aromatic carbocycles. The molecular formula is C14H15BrClN3O2. The first-order chi connectivity index (χ1) is 9.95. The van der Waals surface area contributed by atoms with Crippen LogP contribution in [0.2, 0.25) is 5.02 Å². The van der Waals surface area contributed by atoms with E-state index >= 15 is 0 Å². The number of carbonyl (C=O) groups excluding carboxylic acids is 1. The lowest BCUT2D eigenvalue weighted by atomic mass is 10.1. The zero-order chi connectivity index (χ0) is 15.4. The molecule has 2 N–H and O–H groups in total. The molecule has 7 heteroatoms. The molecule has 0 atom stereocenters. The van der Waals surface area contributed by atoms with Gasteiger partial charge >= 0.3 is 0 Å². The second-order valence-electron chi connectivity index (χ2n) is 4.77. The number of ether oxygens (including phenoxy) is 1. The van der Waals surface area contributed by atoms with Gasteiger partial charge in [0.05, 0.1) is 5.02 Å². The number of anilines is 1. The number of carbonyl (C=O) groups is 1. The average molecular weight is 373 g/mol. The molecule has 0 saturated heterocycles. The zero-order valence-corrected chi connectivity index (χ0v) is 14.0. The van der Waals surface area contributed by atoms with Crippen LogP contribution in [0.3, 0.4) is 0 Å². The third-order valence-corrected chi connectivity index (χ3v) is 3.53. The normalized spacial score (nSPS) is 10.7. The van der Waals surface area contributed by atoms with Crippen molar-refractivity contribution in [3.63, 3.8) is 0 Å². The Morgan fingerprint density at radius 1 is 1.48 bits per heavy atom. The van der Waals surface area contributed by atoms with E-state index in [0.717, 1.165) is 10.2 Å². The van der Waals surface area contributed by atoms with Crippen LogP contribution in [0.4, 0.5) is 5.82 Å². The van der Waals surface area contributed by atoms with Crippen LogP contribution in [-0.2, 0) is 4.79 Å². The van der Waals surface area contributed by atoms with E-state index in [2.05, 4.69) is 31.4 Å². The molecule has 112 valence electrons. The molecule has 0 unspecified atom stereocenters. The average Bonchev–Trinajstić information content (AvgIpc) is 2.86. The van der Waals surface area contributed by atoms with Gasteiger partial charge in [0.2, 0.25) is 0 Å². The van der Waals surface area contributed by atoms with Gasteiger partial charge in [-0.15, -0.1) is 0 Å². The summed E-state index contributed by atoms with van der Waals surface area (Å²) in [6.07, 6.45) is 0. The maximum Gasteiger partial charge on any atom is 0.263 e. The molecule has 1 heterocycles. The number of aromatic nitrogens is 2. The quantitative estimate of drug-likeness (QED) is 0.834. The van der Waals surface area contributed by atoms with Gasteiger partial charge in [0.25, 0.3) is 5.91 Å². The molecule has 5 nitrogen and oxygen atoms in total. The molecule has 0 aliphatic heterocycles. The molecule has 0 spiro atoms. The molecule has 0 bridgehead atoms. The first-order valence-corrected chi connectivity index (χ1v) is 7.56. The highest BCUT2D eigenvalue weighted by Gasteiger charge is 2.10. The number of nitrogens with zero attached hydrogens (tertiary/aromatic N) is 1. The Hall–Kier alpha value is -1.53. The van der Waals surface area contributed by atoms with Crippen molar-refractivity contribution < 1.29 is 9.53 Å². The van der Waals surface area contributed by atoms with E-state index in [4.69, 9.17) is 16.3 Å². The zero-order valence-electron chi connectivity index (χ0n) is 11.6. The largest absolute Gasteiger partial charge is 0.482 e. The number of hydrogen-bond donors (Lipinski definition) is 2. The van der Waals surface area contributed by atoms with Gasteiger partial charge in [-0.2, -0.15) is 5.10 Å². The van der Waals surface area contributed by atoms with Gasteiger partial charge in [-0.1, -0.05) is 41.4 Å². The summed E-state index contributed by atoms with van der Waals surface area (Å²) in [7, 11) is 0. The third-order valence-electron chi connectivity index (χ3n) is 2.74. The fourth-order valence-electron chi connectivity index (χ4n) is 1.61. The summed E-state index contributed by atoms with van der Waals surface area (Å²) >= 11 is 9.31. The summed E-state index contributed by atoms with van der Waals surface area (Å²) in [4.78, 5) is 11.8. The van der Waals surface area contributed by atoms with Gasteiger partial charge < -0.3 is 10.1 Å². The Morgan fingerprint density at radius 3 is 2.86 bits per heavy atom. The number of rotatable bonds is 5. The second kappa shape index (κ2) is 6.95. The molecule has 2 rings (SSSR count). The maximum absolute atomic E-state index is 11.8. The summed E-state index contributed by atoms with van der Waals surface area (Å²) in [6.45, 7) is 3.95. The van der Waals surface area contributed by atoms with Gasteiger partial charge in [-0.05, 0) is 24.1 Å². The van der Waals surface area contributed by atoms with Crippen molar-refractivity contribution in [3.05, 3.63) is 39.5 Å². The van der Waals surface area contributed by atoms with Gasteiger partial charge in [-0.25, -0.2) is 0 Å². The molecular weight excluding hydrogens is 358 g/mol. The number of nitrogens with one attached hydrogen (secondary N) is 2. The van der Waals surface area contributed by atoms with Crippen LogP contribution >= 0.6 is 27.5 Å². The fraction of sp³-hybridized carbons (Fsp3) is 0.286. The van der Waals surface area contributed by atoms with E-state index in [0.29, 0.717) is 22.5 Å². The van der Waals surface area contributed by atoms with Crippen LogP contribution in [0.15, 0.2) is 28.7 Å². The molecule has 0 aliphatic rings. The third kappa shape index (κ3) is 4.47. The van der Waals surface area contributed by atoms with Crippen LogP contribution < -0.4 is 10.1 Å². The Kier molecular flexibility index (Phi) is 5.25. The molecule has 0 aliphatic carbocycles. The summed E-state index contributed by atoms with van der Waals surface area (Å²) in [5, 5.41) is 9.99. The van der Waals surface area contributed by atoms with E-state index < -0.39 is 0 Å². The number of hydrogen-bond acceptors (Lipinski definition) is 3. The first-order valence-electron chi connectivity index (χ1n) is 6.38. The lowest BCUT2D eigenvalue weighted by Gasteiger charge is -2.07. The molecule has 21 heavy (non-hydrogen) atoms. The SMILES string of the molecule is CC(C)c1cc(NC(=O)COc2ccc(Br)cc2Cl)n[nH]1. The molecule has 0 saturated carbocycles. The highest BCUT2D eigenvalue weighted by Crippen LogP contribution is 2.27. The van der Waals surface area contributed by atoms with Crippen molar-refractivity contribution in [1.29, 1.82) is 0 Å². The van der Waals surface area contributed by atoms with Crippen LogP contribution in [0.1, 0.15) is 25.5 Å². The Bertz CT molecular complexity index is 643. The van der Waals surface area contributed by atoms with Crippen molar-refractivity contribution >= 4 is 39.3 Å². The number of H-pyrrole nitrogens is 1. The predicted octanol–water partition coefficient (Wildman–Crippen LogP) is 3.97. The summed E-state index contributed by atoms with van der Waals surface area (Å²) < 4.78 is 6.23. The summed E-state index contributed by atoms with van der Waals surface area (Å²) in [5.74, 6) is 0.964. The van der Waals surface area contributed by atoms with Crippen LogP contribution in [0.25, 0.3) is 0 Å². The first kappa shape index (κ1) is 15.9. The Morgan fingerprint density at radius 2 is 2.24 bits per heavy atom. The minimum Gasteiger partial charge on any atom is -0.482 e. The van der Waals surface area contributed by atoms with Crippen molar-refractivity contribution in [1.82, 2.24) is 10.2 Å². The van der Waals surface area contributed by atoms with Crippen LogP contribution in [-0.4, -0.2) is 22.7 Å². The monoisotopic (exact) mass is 371 g/mol. The smallest absolute Gasteiger partial charge is 0.263 e. The van der Waals surface area contributed by atoms with Gasteiger partial charge in [0.15, 0.2) is 12.4 Å². The lowest BCUT2D eigenvalue weighted by molar-refractivity contribution is -0.118. The van der Waals surface area contributed by atoms with E-state index in [-0.39, 0.29) is 12.5 Å². The fourth-order valence-corrected chi connectivity index (χ4v) is 2.34. The maximum atomic E-state index is 11.8. The van der Waals surface area contributed by atoms with Gasteiger partial charge in [0.1, 0.15) is 5.75 Å². The van der Waals surface area contributed by atoms with Crippen LogP contribution in [0.5, 0.6) is 5.75 Å². The van der Waals surface area contributed by atoms with E-state index in [1.165, 1.54) is 0 Å². The molecule has 1 aromatic heterocycles. The highest BCUT2D eigenvalue weighted by molar-refractivity contribution is 9.10. The second-order valence-corrected chi connectivity index (χ2v) is 6.10. The standard InChI is InChI=1S/C14H15BrClN3O2/c1-8(2)11-6-13(19-18-11)17-14(20)7-21-12-4-3-9(15)5-10(12)16/h3-6,8H,7H2,1-2H3,(H2,17,18,19,20). The highest BCUT2D eigenvalue weighted by atomic mass is 79.9. The minimum absolute atomic E-state index is 0.134. The van der Waals surface area contributed by atoms with Crippen molar-refractivity contribution in [2.24, 2.45) is 0 Å². The molecule has 1 amide bonds. The van der Waals surface area contributed by atoms with E-state index in [1.807, 2.05) is 13.8 Å². The Balaban J connectivity index is 1.89. The number of amides is 1. The summed E-state index contributed by atoms with van der Waals surface area (Å²) in [5.41, 5.74) is 0.960. The molecule has 0 radical (unpaired) electrons. The summed E-state index contributed by atoms with van der Waals surface area (Å²) in [6, 6.07) is 7.00. The van der Waals surface area contributed by atoms with E-state index in [9.17, 15) is 4.79 Å². The van der Waals surface area contributed by atoms with E-state index in [1.54, 1.807) is 24.3 Å². The number of benzene rings is 1. The topological polar surface area (TPSA) is 67.0 Å². The predicted molar refractivity (Wildman–Crippen MR) is 86.0 cm³/mol. The molecule has 0 fully saturated rings. The van der Waals surface area contributed by atoms with Crippen LogP contribution in [0, 0.1) is 0 Å². The van der Waals surface area contributed by atoms with Gasteiger partial charge in [-0.3, -0.25) is 9.89 Å². The number of aromatic amines is 1.